The SMILES string of the molecule is CC(NC(=O)CCc1ncc(-c2ccccc2F)o1)c1ccc(NC(=O)C2CC2)cc1. The lowest BCUT2D eigenvalue weighted by Gasteiger charge is -2.15. The van der Waals surface area contributed by atoms with Crippen LogP contribution < -0.4 is 10.6 Å². The van der Waals surface area contributed by atoms with Crippen molar-refractivity contribution in [2.75, 3.05) is 5.32 Å². The number of aryl methyl sites for hydroxylation is 1. The van der Waals surface area contributed by atoms with Crippen LogP contribution in [0.2, 0.25) is 0 Å². The lowest BCUT2D eigenvalue weighted by atomic mass is 10.1. The number of benzene rings is 2. The van der Waals surface area contributed by atoms with Gasteiger partial charge in [0.1, 0.15) is 5.82 Å². The van der Waals surface area contributed by atoms with Crippen molar-refractivity contribution < 1.29 is 18.4 Å². The number of aromatic nitrogens is 1. The molecule has 2 amide bonds. The number of nitrogens with zero attached hydrogens (tertiary/aromatic N) is 1. The van der Waals surface area contributed by atoms with Gasteiger partial charge < -0.3 is 15.1 Å². The summed E-state index contributed by atoms with van der Waals surface area (Å²) in [7, 11) is 0. The van der Waals surface area contributed by atoms with Crippen molar-refractivity contribution in [3.8, 4) is 11.3 Å². The first-order valence-corrected chi connectivity index (χ1v) is 10.4. The van der Waals surface area contributed by atoms with E-state index in [0.29, 0.717) is 23.6 Å². The molecule has 1 saturated carbocycles. The summed E-state index contributed by atoms with van der Waals surface area (Å²) in [6.45, 7) is 1.90. The third kappa shape index (κ3) is 5.36. The number of anilines is 1. The van der Waals surface area contributed by atoms with Crippen molar-refractivity contribution in [3.63, 3.8) is 0 Å². The van der Waals surface area contributed by atoms with Crippen molar-refractivity contribution in [3.05, 3.63) is 72.0 Å². The fraction of sp³-hybridized carbons (Fsp3) is 0.292. The Balaban J connectivity index is 1.27. The normalized spacial score (nSPS) is 14.1. The fourth-order valence-electron chi connectivity index (χ4n) is 3.27. The van der Waals surface area contributed by atoms with Crippen LogP contribution >= 0.6 is 0 Å². The molecule has 1 unspecified atom stereocenters. The molecule has 7 heteroatoms. The summed E-state index contributed by atoms with van der Waals surface area (Å²) in [5.74, 6) is 0.440. The maximum absolute atomic E-state index is 13.9. The summed E-state index contributed by atoms with van der Waals surface area (Å²) in [6.07, 6.45) is 3.92. The second-order valence-corrected chi connectivity index (χ2v) is 7.77. The van der Waals surface area contributed by atoms with E-state index >= 15 is 0 Å². The van der Waals surface area contributed by atoms with Crippen molar-refractivity contribution >= 4 is 17.5 Å². The summed E-state index contributed by atoms with van der Waals surface area (Å²) in [5, 5.41) is 5.85. The van der Waals surface area contributed by atoms with Crippen LogP contribution in [0.4, 0.5) is 10.1 Å². The molecule has 0 bridgehead atoms. The maximum Gasteiger partial charge on any atom is 0.227 e. The average Bonchev–Trinajstić information content (AvgIpc) is 3.52. The third-order valence-corrected chi connectivity index (χ3v) is 5.26. The van der Waals surface area contributed by atoms with Crippen LogP contribution in [0.5, 0.6) is 0 Å². The van der Waals surface area contributed by atoms with Crippen molar-refractivity contribution in [2.45, 2.75) is 38.6 Å². The Bertz CT molecular complexity index is 1070. The van der Waals surface area contributed by atoms with Gasteiger partial charge in [0, 0.05) is 24.4 Å². The van der Waals surface area contributed by atoms with E-state index in [0.717, 1.165) is 24.1 Å². The molecule has 1 aliphatic carbocycles. The van der Waals surface area contributed by atoms with Gasteiger partial charge in [0.25, 0.3) is 0 Å². The summed E-state index contributed by atoms with van der Waals surface area (Å²) in [6, 6.07) is 13.6. The average molecular weight is 421 g/mol. The second kappa shape index (κ2) is 9.12. The van der Waals surface area contributed by atoms with E-state index in [4.69, 9.17) is 4.42 Å². The van der Waals surface area contributed by atoms with Crippen LogP contribution in [0.25, 0.3) is 11.3 Å². The standard InChI is InChI=1S/C24H24FN3O3/c1-15(16-8-10-18(11-9-16)28-24(30)17-6-7-17)27-22(29)12-13-23-26-14-21(31-23)19-4-2-3-5-20(19)25/h2-5,8-11,14-15,17H,6-7,12-13H2,1H3,(H,27,29)(H,28,30). The highest BCUT2D eigenvalue weighted by atomic mass is 19.1. The molecule has 0 aliphatic heterocycles. The van der Waals surface area contributed by atoms with Gasteiger partial charge in [-0.25, -0.2) is 9.37 Å². The molecule has 1 fully saturated rings. The summed E-state index contributed by atoms with van der Waals surface area (Å²) in [4.78, 5) is 28.3. The molecular formula is C24H24FN3O3. The Hall–Kier alpha value is -3.48. The maximum atomic E-state index is 13.9. The Morgan fingerprint density at radius 3 is 2.61 bits per heavy atom. The Kier molecular flexibility index (Phi) is 6.11. The number of carbonyl (C=O) groups excluding carboxylic acids is 2. The minimum atomic E-state index is -0.380. The number of rotatable bonds is 8. The molecule has 1 aromatic heterocycles. The van der Waals surface area contributed by atoms with Gasteiger partial charge in [-0.15, -0.1) is 0 Å². The topological polar surface area (TPSA) is 84.2 Å². The van der Waals surface area contributed by atoms with Gasteiger partial charge in [-0.2, -0.15) is 0 Å². The highest BCUT2D eigenvalue weighted by molar-refractivity contribution is 5.94. The minimum absolute atomic E-state index is 0.0683. The van der Waals surface area contributed by atoms with E-state index in [2.05, 4.69) is 15.6 Å². The zero-order chi connectivity index (χ0) is 21.8. The van der Waals surface area contributed by atoms with Crippen LogP contribution in [0.3, 0.4) is 0 Å². The van der Waals surface area contributed by atoms with E-state index < -0.39 is 0 Å². The monoisotopic (exact) mass is 421 g/mol. The van der Waals surface area contributed by atoms with E-state index in [1.165, 1.54) is 12.3 Å². The van der Waals surface area contributed by atoms with Gasteiger partial charge in [0.05, 0.1) is 17.8 Å². The van der Waals surface area contributed by atoms with Gasteiger partial charge in [-0.05, 0) is 49.6 Å². The van der Waals surface area contributed by atoms with Gasteiger partial charge in [0.2, 0.25) is 11.8 Å². The Morgan fingerprint density at radius 1 is 1.16 bits per heavy atom. The van der Waals surface area contributed by atoms with Gasteiger partial charge >= 0.3 is 0 Å². The fourth-order valence-corrected chi connectivity index (χ4v) is 3.27. The molecule has 160 valence electrons. The molecule has 1 aliphatic rings. The summed E-state index contributed by atoms with van der Waals surface area (Å²) >= 11 is 0. The molecule has 2 aromatic carbocycles. The van der Waals surface area contributed by atoms with Crippen molar-refractivity contribution in [2.24, 2.45) is 5.92 Å². The van der Waals surface area contributed by atoms with Crippen molar-refractivity contribution in [1.29, 1.82) is 0 Å². The minimum Gasteiger partial charge on any atom is -0.441 e. The van der Waals surface area contributed by atoms with Gasteiger partial charge in [-0.1, -0.05) is 24.3 Å². The van der Waals surface area contributed by atoms with E-state index in [-0.39, 0.29) is 36.0 Å². The number of amides is 2. The molecule has 0 spiro atoms. The largest absolute Gasteiger partial charge is 0.441 e. The predicted octanol–water partition coefficient (Wildman–Crippen LogP) is 4.64. The van der Waals surface area contributed by atoms with E-state index in [1.807, 2.05) is 31.2 Å². The molecule has 31 heavy (non-hydrogen) atoms. The summed E-state index contributed by atoms with van der Waals surface area (Å²) in [5.41, 5.74) is 2.04. The van der Waals surface area contributed by atoms with Crippen LogP contribution in [-0.2, 0) is 16.0 Å². The molecule has 1 heterocycles. The lowest BCUT2D eigenvalue weighted by molar-refractivity contribution is -0.121. The molecule has 0 saturated heterocycles. The predicted molar refractivity (Wildman–Crippen MR) is 115 cm³/mol. The Morgan fingerprint density at radius 2 is 1.90 bits per heavy atom. The molecule has 1 atom stereocenters. The molecular weight excluding hydrogens is 397 g/mol. The first-order chi connectivity index (χ1) is 15.0. The lowest BCUT2D eigenvalue weighted by Crippen LogP contribution is -2.26. The van der Waals surface area contributed by atoms with Crippen molar-refractivity contribution in [1.82, 2.24) is 10.3 Å². The first kappa shape index (κ1) is 20.8. The van der Waals surface area contributed by atoms with Gasteiger partial charge in [0.15, 0.2) is 11.7 Å². The summed E-state index contributed by atoms with van der Waals surface area (Å²) < 4.78 is 19.4. The number of halogens is 1. The Labute approximate surface area is 179 Å². The number of nitrogens with one attached hydrogen (secondary N) is 2. The molecule has 3 aromatic rings. The zero-order valence-corrected chi connectivity index (χ0v) is 17.2. The third-order valence-electron chi connectivity index (χ3n) is 5.26. The smallest absolute Gasteiger partial charge is 0.227 e. The number of oxazole rings is 1. The molecule has 6 nitrogen and oxygen atoms in total. The first-order valence-electron chi connectivity index (χ1n) is 10.4. The van der Waals surface area contributed by atoms with Crippen LogP contribution in [0.15, 0.2) is 59.1 Å². The molecule has 4 rings (SSSR count). The number of hydrogen-bond donors (Lipinski definition) is 2. The quantitative estimate of drug-likeness (QED) is 0.555. The zero-order valence-electron chi connectivity index (χ0n) is 17.2. The van der Waals surface area contributed by atoms with E-state index in [1.54, 1.807) is 18.2 Å². The molecule has 0 radical (unpaired) electrons. The number of carbonyl (C=O) groups is 2. The van der Waals surface area contributed by atoms with Crippen LogP contribution in [0.1, 0.15) is 43.7 Å². The van der Waals surface area contributed by atoms with Crippen LogP contribution in [0, 0.1) is 11.7 Å². The highest BCUT2D eigenvalue weighted by Gasteiger charge is 2.29. The second-order valence-electron chi connectivity index (χ2n) is 7.77. The van der Waals surface area contributed by atoms with E-state index in [9.17, 15) is 14.0 Å². The molecule has 2 N–H and O–H groups in total. The van der Waals surface area contributed by atoms with Crippen LogP contribution in [-0.4, -0.2) is 16.8 Å². The number of hydrogen-bond acceptors (Lipinski definition) is 4. The van der Waals surface area contributed by atoms with Gasteiger partial charge in [-0.3, -0.25) is 9.59 Å². The highest BCUT2D eigenvalue weighted by Crippen LogP contribution is 2.30.